The summed E-state index contributed by atoms with van der Waals surface area (Å²) in [7, 11) is 1.66. The fraction of sp³-hybridized carbons (Fsp3) is 0.818. The largest absolute Gasteiger partial charge is 0.463 e. The molecule has 10 heteroatoms. The molecule has 0 radical (unpaired) electrons. The van der Waals surface area contributed by atoms with Crippen LogP contribution in [0.2, 0.25) is 0 Å². The number of carbonyl (C=O) groups is 4. The highest BCUT2D eigenvalue weighted by Gasteiger charge is 2.32. The summed E-state index contributed by atoms with van der Waals surface area (Å²) in [5, 5.41) is 8.58. The predicted molar refractivity (Wildman–Crippen MR) is 119 cm³/mol. The molecule has 0 bridgehead atoms. The number of nitrogens with one attached hydrogen (secondary N) is 5. The van der Waals surface area contributed by atoms with Crippen LogP contribution in [0.4, 0.5) is 4.79 Å². The Hall–Kier alpha value is -2.36. The SMILES string of the molecule is CC[C@@H](CNNC(=O)NCC1CCC(C(=O)NC)CC1)NC(=O)[C@H]1CC[C@H](OC(C)=O)C1. The second-order valence-corrected chi connectivity index (χ2v) is 8.90. The lowest BCUT2D eigenvalue weighted by Gasteiger charge is -2.27. The Morgan fingerprint density at radius 1 is 0.969 bits per heavy atom. The number of urea groups is 1. The lowest BCUT2D eigenvalue weighted by atomic mass is 9.81. The molecule has 2 aliphatic carbocycles. The summed E-state index contributed by atoms with van der Waals surface area (Å²) in [5.41, 5.74) is 5.51. The van der Waals surface area contributed by atoms with Gasteiger partial charge in [-0.1, -0.05) is 6.92 Å². The van der Waals surface area contributed by atoms with Crippen molar-refractivity contribution in [2.45, 2.75) is 77.4 Å². The predicted octanol–water partition coefficient (Wildman–Crippen LogP) is 0.969. The van der Waals surface area contributed by atoms with E-state index < -0.39 is 0 Å². The van der Waals surface area contributed by atoms with Gasteiger partial charge in [0.25, 0.3) is 0 Å². The van der Waals surface area contributed by atoms with E-state index in [0.717, 1.165) is 32.1 Å². The van der Waals surface area contributed by atoms with Gasteiger partial charge in [-0.15, -0.1) is 0 Å². The van der Waals surface area contributed by atoms with Gasteiger partial charge in [-0.3, -0.25) is 19.8 Å². The molecule has 2 aliphatic rings. The van der Waals surface area contributed by atoms with Crippen molar-refractivity contribution in [3.05, 3.63) is 0 Å². The van der Waals surface area contributed by atoms with E-state index in [9.17, 15) is 19.2 Å². The molecular formula is C22H39N5O5. The number of hydrazine groups is 1. The van der Waals surface area contributed by atoms with Crippen molar-refractivity contribution < 1.29 is 23.9 Å². The second kappa shape index (κ2) is 13.2. The fourth-order valence-electron chi connectivity index (χ4n) is 4.51. The van der Waals surface area contributed by atoms with Crippen LogP contribution < -0.4 is 26.8 Å². The number of esters is 1. The summed E-state index contributed by atoms with van der Waals surface area (Å²) in [6.45, 7) is 4.34. The molecule has 0 saturated heterocycles. The molecule has 0 aromatic rings. The molecule has 3 atom stereocenters. The number of hydrogen-bond acceptors (Lipinski definition) is 6. The minimum Gasteiger partial charge on any atom is -0.463 e. The molecule has 0 unspecified atom stereocenters. The molecule has 0 spiro atoms. The van der Waals surface area contributed by atoms with Gasteiger partial charge in [0.2, 0.25) is 11.8 Å². The third-order valence-electron chi connectivity index (χ3n) is 6.49. The summed E-state index contributed by atoms with van der Waals surface area (Å²) in [4.78, 5) is 47.3. The third-order valence-corrected chi connectivity index (χ3v) is 6.49. The van der Waals surface area contributed by atoms with Crippen LogP contribution in [-0.2, 0) is 19.1 Å². The van der Waals surface area contributed by atoms with E-state index in [1.54, 1.807) is 7.05 Å². The number of amides is 4. The molecule has 5 N–H and O–H groups in total. The summed E-state index contributed by atoms with van der Waals surface area (Å²) < 4.78 is 5.20. The van der Waals surface area contributed by atoms with Crippen molar-refractivity contribution in [3.8, 4) is 0 Å². The zero-order chi connectivity index (χ0) is 23.5. The first-order valence-electron chi connectivity index (χ1n) is 11.8. The zero-order valence-corrected chi connectivity index (χ0v) is 19.5. The van der Waals surface area contributed by atoms with Crippen molar-refractivity contribution >= 4 is 23.8 Å². The number of ether oxygens (including phenoxy) is 1. The molecule has 0 aromatic carbocycles. The Morgan fingerprint density at radius 2 is 1.66 bits per heavy atom. The molecule has 32 heavy (non-hydrogen) atoms. The van der Waals surface area contributed by atoms with Crippen LogP contribution in [0, 0.1) is 17.8 Å². The monoisotopic (exact) mass is 453 g/mol. The summed E-state index contributed by atoms with van der Waals surface area (Å²) >= 11 is 0. The smallest absolute Gasteiger partial charge is 0.329 e. The molecule has 0 aromatic heterocycles. The lowest BCUT2D eigenvalue weighted by molar-refractivity contribution is -0.146. The summed E-state index contributed by atoms with van der Waals surface area (Å²) in [6.07, 6.45) is 6.08. The highest BCUT2D eigenvalue weighted by atomic mass is 16.5. The van der Waals surface area contributed by atoms with E-state index >= 15 is 0 Å². The van der Waals surface area contributed by atoms with Gasteiger partial charge in [0.15, 0.2) is 0 Å². The number of rotatable bonds is 10. The van der Waals surface area contributed by atoms with Gasteiger partial charge in [-0.05, 0) is 57.3 Å². The maximum atomic E-state index is 12.5. The molecule has 2 saturated carbocycles. The van der Waals surface area contributed by atoms with Crippen molar-refractivity contribution in [3.63, 3.8) is 0 Å². The van der Waals surface area contributed by atoms with Gasteiger partial charge >= 0.3 is 12.0 Å². The first-order valence-corrected chi connectivity index (χ1v) is 11.8. The van der Waals surface area contributed by atoms with Gasteiger partial charge in [-0.25, -0.2) is 10.2 Å². The Kier molecular flexibility index (Phi) is 10.7. The van der Waals surface area contributed by atoms with Gasteiger partial charge in [0.05, 0.1) is 0 Å². The minimum atomic E-state index is -0.312. The molecule has 2 rings (SSSR count). The van der Waals surface area contributed by atoms with E-state index in [-0.39, 0.29) is 47.8 Å². The van der Waals surface area contributed by atoms with Crippen molar-refractivity contribution in [2.75, 3.05) is 20.1 Å². The number of carbonyl (C=O) groups excluding carboxylic acids is 4. The van der Waals surface area contributed by atoms with Crippen molar-refractivity contribution in [2.24, 2.45) is 17.8 Å². The van der Waals surface area contributed by atoms with Crippen LogP contribution in [-0.4, -0.2) is 56.1 Å². The van der Waals surface area contributed by atoms with E-state index in [4.69, 9.17) is 4.74 Å². The third kappa shape index (κ3) is 8.64. The summed E-state index contributed by atoms with van der Waals surface area (Å²) in [5.74, 6) is 0.0743. The van der Waals surface area contributed by atoms with Crippen molar-refractivity contribution in [1.29, 1.82) is 0 Å². The zero-order valence-electron chi connectivity index (χ0n) is 19.5. The van der Waals surface area contributed by atoms with Gasteiger partial charge in [0.1, 0.15) is 6.10 Å². The van der Waals surface area contributed by atoms with Gasteiger partial charge < -0.3 is 20.7 Å². The van der Waals surface area contributed by atoms with Crippen LogP contribution in [0.1, 0.15) is 65.2 Å². The molecule has 4 amide bonds. The van der Waals surface area contributed by atoms with E-state index in [1.807, 2.05) is 6.92 Å². The van der Waals surface area contributed by atoms with Crippen LogP contribution >= 0.6 is 0 Å². The maximum Gasteiger partial charge on any atom is 0.329 e. The molecule has 10 nitrogen and oxygen atoms in total. The van der Waals surface area contributed by atoms with Crippen molar-refractivity contribution in [1.82, 2.24) is 26.8 Å². The van der Waals surface area contributed by atoms with Crippen LogP contribution in [0.5, 0.6) is 0 Å². The first-order chi connectivity index (χ1) is 15.3. The Balaban J connectivity index is 1.59. The Bertz CT molecular complexity index is 651. The van der Waals surface area contributed by atoms with Crippen LogP contribution in [0.3, 0.4) is 0 Å². The second-order valence-electron chi connectivity index (χ2n) is 8.90. The van der Waals surface area contributed by atoms with Crippen LogP contribution in [0.25, 0.3) is 0 Å². The van der Waals surface area contributed by atoms with E-state index in [2.05, 4.69) is 26.8 Å². The lowest BCUT2D eigenvalue weighted by Crippen LogP contribution is -2.51. The highest BCUT2D eigenvalue weighted by molar-refractivity contribution is 5.79. The molecule has 0 heterocycles. The minimum absolute atomic E-state index is 0.0369. The first kappa shape index (κ1) is 25.9. The van der Waals surface area contributed by atoms with E-state index in [0.29, 0.717) is 38.3 Å². The molecule has 182 valence electrons. The quantitative estimate of drug-likeness (QED) is 0.247. The van der Waals surface area contributed by atoms with Gasteiger partial charge in [0, 0.05) is 44.9 Å². The standard InChI is InChI=1S/C22H39N5O5/c1-4-18(26-21(30)17-9-10-19(11-17)32-14(2)28)13-25-27-22(31)24-12-15-5-7-16(8-6-15)20(29)23-3/h15-19,25H,4-13H2,1-3H3,(H,23,29)(H,26,30)(H2,24,27,31)/t15?,16?,17-,18-,19-/m0/s1. The fourth-order valence-corrected chi connectivity index (χ4v) is 4.51. The molecule has 2 fully saturated rings. The average Bonchev–Trinajstić information content (AvgIpc) is 3.24. The maximum absolute atomic E-state index is 12.5. The highest BCUT2D eigenvalue weighted by Crippen LogP contribution is 2.29. The average molecular weight is 454 g/mol. The summed E-state index contributed by atoms with van der Waals surface area (Å²) in [6, 6.07) is -0.421. The number of hydrogen-bond donors (Lipinski definition) is 5. The van der Waals surface area contributed by atoms with E-state index in [1.165, 1.54) is 6.92 Å². The van der Waals surface area contributed by atoms with Gasteiger partial charge in [-0.2, -0.15) is 0 Å². The Labute approximate surface area is 190 Å². The molecular weight excluding hydrogens is 414 g/mol. The Morgan fingerprint density at radius 3 is 2.28 bits per heavy atom. The normalized spacial score (nSPS) is 26.0. The topological polar surface area (TPSA) is 138 Å². The van der Waals surface area contributed by atoms with Crippen LogP contribution in [0.15, 0.2) is 0 Å². The molecule has 0 aliphatic heterocycles.